The maximum absolute atomic E-state index is 5.20. The summed E-state index contributed by atoms with van der Waals surface area (Å²) in [5.74, 6) is 0.701. The lowest BCUT2D eigenvalue weighted by Gasteiger charge is -2.30. The van der Waals surface area contributed by atoms with Gasteiger partial charge in [0.2, 0.25) is 0 Å². The number of benzene rings is 1. The van der Waals surface area contributed by atoms with Crippen molar-refractivity contribution in [2.45, 2.75) is 24.8 Å². The van der Waals surface area contributed by atoms with Gasteiger partial charge in [0.05, 0.1) is 6.61 Å². The molecule has 0 aliphatic carbocycles. The molecule has 1 N–H and O–H groups in total. The summed E-state index contributed by atoms with van der Waals surface area (Å²) < 4.78 is 5.20. The number of hydrogen-bond acceptors (Lipinski definition) is 2. The maximum atomic E-state index is 5.20. The molecule has 0 bridgehead atoms. The highest BCUT2D eigenvalue weighted by Crippen LogP contribution is 2.27. The highest BCUT2D eigenvalue weighted by molar-refractivity contribution is 5.20. The molecule has 1 aromatic rings. The van der Waals surface area contributed by atoms with Crippen LogP contribution >= 0.6 is 0 Å². The Kier molecular flexibility index (Phi) is 3.75. The average Bonchev–Trinajstić information content (AvgIpc) is 2.31. The fraction of sp³-hybridized carbons (Fsp3) is 0.538. The molecular weight excluding hydrogens is 186 g/mol. The largest absolute Gasteiger partial charge is 0.383 e. The molecule has 2 heteroatoms. The van der Waals surface area contributed by atoms with Crippen molar-refractivity contribution in [1.29, 1.82) is 0 Å². The molecule has 0 radical (unpaired) electrons. The van der Waals surface area contributed by atoms with E-state index < -0.39 is 0 Å². The van der Waals surface area contributed by atoms with Crippen molar-refractivity contribution in [3.8, 4) is 0 Å². The van der Waals surface area contributed by atoms with E-state index in [0.717, 1.165) is 13.2 Å². The Balaban J connectivity index is 1.98. The van der Waals surface area contributed by atoms with E-state index in [0.29, 0.717) is 12.0 Å². The van der Waals surface area contributed by atoms with Crippen molar-refractivity contribution >= 4 is 0 Å². The van der Waals surface area contributed by atoms with Gasteiger partial charge in [-0.3, -0.25) is 0 Å². The molecular formula is C13H19NO. The standard InChI is InChI=1S/C13H19NO/c1-15-10-13-9-12(7-8-14-13)11-5-3-2-4-6-11/h2-6,12-14H,7-10H2,1H3. The zero-order valence-electron chi connectivity index (χ0n) is 9.28. The Morgan fingerprint density at radius 2 is 2.13 bits per heavy atom. The molecule has 2 nitrogen and oxygen atoms in total. The third kappa shape index (κ3) is 2.80. The van der Waals surface area contributed by atoms with E-state index in [1.807, 2.05) is 0 Å². The summed E-state index contributed by atoms with van der Waals surface area (Å²) in [5, 5.41) is 3.49. The van der Waals surface area contributed by atoms with Crippen molar-refractivity contribution in [2.24, 2.45) is 0 Å². The summed E-state index contributed by atoms with van der Waals surface area (Å²) in [6.07, 6.45) is 2.43. The van der Waals surface area contributed by atoms with Crippen LogP contribution in [-0.4, -0.2) is 26.3 Å². The monoisotopic (exact) mass is 205 g/mol. The molecule has 1 aliphatic rings. The molecule has 1 saturated heterocycles. The Hall–Kier alpha value is -0.860. The molecule has 0 saturated carbocycles. The first-order valence-corrected chi connectivity index (χ1v) is 5.67. The number of nitrogens with one attached hydrogen (secondary N) is 1. The van der Waals surface area contributed by atoms with Gasteiger partial charge in [-0.1, -0.05) is 30.3 Å². The molecule has 1 aromatic carbocycles. The lowest BCUT2D eigenvalue weighted by atomic mass is 9.87. The first-order chi connectivity index (χ1) is 7.40. The van der Waals surface area contributed by atoms with Crippen LogP contribution in [0.15, 0.2) is 30.3 Å². The summed E-state index contributed by atoms with van der Waals surface area (Å²) in [5.41, 5.74) is 1.47. The van der Waals surface area contributed by atoms with E-state index in [2.05, 4.69) is 35.6 Å². The summed E-state index contributed by atoms with van der Waals surface area (Å²) in [6.45, 7) is 1.93. The Morgan fingerprint density at radius 1 is 1.33 bits per heavy atom. The van der Waals surface area contributed by atoms with Gasteiger partial charge in [0.1, 0.15) is 0 Å². The van der Waals surface area contributed by atoms with Crippen molar-refractivity contribution < 1.29 is 4.74 Å². The fourth-order valence-electron chi connectivity index (χ4n) is 2.36. The molecule has 82 valence electrons. The smallest absolute Gasteiger partial charge is 0.0616 e. The highest BCUT2D eigenvalue weighted by atomic mass is 16.5. The third-order valence-electron chi connectivity index (χ3n) is 3.13. The van der Waals surface area contributed by atoms with Gasteiger partial charge in [-0.25, -0.2) is 0 Å². The predicted molar refractivity (Wildman–Crippen MR) is 62.1 cm³/mol. The second-order valence-corrected chi connectivity index (χ2v) is 4.24. The predicted octanol–water partition coefficient (Wildman–Crippen LogP) is 2.17. The SMILES string of the molecule is COCC1CC(c2ccccc2)CCN1. The van der Waals surface area contributed by atoms with Gasteiger partial charge in [-0.05, 0) is 30.9 Å². The van der Waals surface area contributed by atoms with E-state index in [-0.39, 0.29) is 0 Å². The molecule has 2 unspecified atom stereocenters. The van der Waals surface area contributed by atoms with Crippen molar-refractivity contribution in [3.05, 3.63) is 35.9 Å². The van der Waals surface area contributed by atoms with Gasteiger partial charge >= 0.3 is 0 Å². The van der Waals surface area contributed by atoms with Crippen LogP contribution in [0.1, 0.15) is 24.3 Å². The molecule has 1 aliphatic heterocycles. The quantitative estimate of drug-likeness (QED) is 0.816. The van der Waals surface area contributed by atoms with E-state index in [1.54, 1.807) is 7.11 Å². The minimum absolute atomic E-state index is 0.522. The van der Waals surface area contributed by atoms with Gasteiger partial charge in [-0.15, -0.1) is 0 Å². The maximum Gasteiger partial charge on any atom is 0.0616 e. The number of methoxy groups -OCH3 is 1. The van der Waals surface area contributed by atoms with Crippen molar-refractivity contribution in [2.75, 3.05) is 20.3 Å². The number of piperidine rings is 1. The first-order valence-electron chi connectivity index (χ1n) is 5.67. The summed E-state index contributed by atoms with van der Waals surface area (Å²) in [7, 11) is 1.77. The summed E-state index contributed by atoms with van der Waals surface area (Å²) in [4.78, 5) is 0. The Morgan fingerprint density at radius 3 is 2.87 bits per heavy atom. The van der Waals surface area contributed by atoms with Gasteiger partial charge in [0.25, 0.3) is 0 Å². The van der Waals surface area contributed by atoms with Crippen LogP contribution in [0.2, 0.25) is 0 Å². The Bertz CT molecular complexity index is 284. The van der Waals surface area contributed by atoms with E-state index in [9.17, 15) is 0 Å². The van der Waals surface area contributed by atoms with Crippen LogP contribution < -0.4 is 5.32 Å². The van der Waals surface area contributed by atoms with Gasteiger partial charge < -0.3 is 10.1 Å². The lowest BCUT2D eigenvalue weighted by Crippen LogP contribution is -2.40. The van der Waals surface area contributed by atoms with Gasteiger partial charge in [0.15, 0.2) is 0 Å². The summed E-state index contributed by atoms with van der Waals surface area (Å²) >= 11 is 0. The van der Waals surface area contributed by atoms with Gasteiger partial charge in [-0.2, -0.15) is 0 Å². The molecule has 0 aromatic heterocycles. The summed E-state index contributed by atoms with van der Waals surface area (Å²) in [6, 6.07) is 11.3. The topological polar surface area (TPSA) is 21.3 Å². The van der Waals surface area contributed by atoms with E-state index in [1.165, 1.54) is 18.4 Å². The van der Waals surface area contributed by atoms with E-state index in [4.69, 9.17) is 4.74 Å². The number of rotatable bonds is 3. The molecule has 1 fully saturated rings. The normalized spacial score (nSPS) is 26.5. The molecule has 2 atom stereocenters. The van der Waals surface area contributed by atoms with Crippen molar-refractivity contribution in [1.82, 2.24) is 5.32 Å². The van der Waals surface area contributed by atoms with Crippen LogP contribution in [0, 0.1) is 0 Å². The Labute approximate surface area is 91.6 Å². The first kappa shape index (κ1) is 10.7. The molecule has 0 spiro atoms. The second-order valence-electron chi connectivity index (χ2n) is 4.24. The zero-order chi connectivity index (χ0) is 10.5. The number of ether oxygens (including phenoxy) is 1. The van der Waals surface area contributed by atoms with Crippen LogP contribution in [-0.2, 0) is 4.74 Å². The third-order valence-corrected chi connectivity index (χ3v) is 3.13. The zero-order valence-corrected chi connectivity index (χ0v) is 9.28. The minimum Gasteiger partial charge on any atom is -0.383 e. The van der Waals surface area contributed by atoms with Crippen LogP contribution in [0.4, 0.5) is 0 Å². The average molecular weight is 205 g/mol. The molecule has 1 heterocycles. The van der Waals surface area contributed by atoms with Gasteiger partial charge in [0, 0.05) is 13.2 Å². The lowest BCUT2D eigenvalue weighted by molar-refractivity contribution is 0.149. The molecule has 15 heavy (non-hydrogen) atoms. The van der Waals surface area contributed by atoms with Crippen LogP contribution in [0.5, 0.6) is 0 Å². The fourth-order valence-corrected chi connectivity index (χ4v) is 2.36. The van der Waals surface area contributed by atoms with Crippen LogP contribution in [0.25, 0.3) is 0 Å². The van der Waals surface area contributed by atoms with Crippen molar-refractivity contribution in [3.63, 3.8) is 0 Å². The molecule has 2 rings (SSSR count). The van der Waals surface area contributed by atoms with Crippen LogP contribution in [0.3, 0.4) is 0 Å². The second kappa shape index (κ2) is 5.29. The number of hydrogen-bond donors (Lipinski definition) is 1. The molecule has 0 amide bonds. The van der Waals surface area contributed by atoms with E-state index >= 15 is 0 Å². The minimum atomic E-state index is 0.522. The highest BCUT2D eigenvalue weighted by Gasteiger charge is 2.22.